The van der Waals surface area contributed by atoms with E-state index in [0.717, 1.165) is 17.1 Å². The van der Waals surface area contributed by atoms with Crippen LogP contribution in [0, 0.1) is 0 Å². The van der Waals surface area contributed by atoms with Gasteiger partial charge in [0.1, 0.15) is 0 Å². The molecular weight excluding hydrogens is 647 g/mol. The molecule has 2 heteroatoms. The van der Waals surface area contributed by atoms with Gasteiger partial charge >= 0.3 is 0 Å². The third-order valence-corrected chi connectivity index (χ3v) is 11.4. The van der Waals surface area contributed by atoms with Gasteiger partial charge in [0.05, 0.1) is 0 Å². The average Bonchev–Trinajstić information content (AvgIpc) is 3.60. The zero-order valence-corrected chi connectivity index (χ0v) is 29.2. The molecule has 10 rings (SSSR count). The Kier molecular flexibility index (Phi) is 7.41. The minimum Gasteiger partial charge on any atom is -0.310 e. The van der Waals surface area contributed by atoms with Crippen molar-refractivity contribution in [3.63, 3.8) is 0 Å². The number of benzene rings is 9. The Balaban J connectivity index is 1.09. The zero-order valence-electron chi connectivity index (χ0n) is 28.4. The molecule has 244 valence electrons. The van der Waals surface area contributed by atoms with Crippen molar-refractivity contribution < 1.29 is 0 Å². The van der Waals surface area contributed by atoms with Crippen molar-refractivity contribution in [2.24, 2.45) is 0 Å². The Bertz CT molecular complexity index is 2870. The summed E-state index contributed by atoms with van der Waals surface area (Å²) in [5, 5.41) is 7.66. The van der Waals surface area contributed by atoms with Gasteiger partial charge in [0, 0.05) is 42.6 Å². The first-order valence-corrected chi connectivity index (χ1v) is 18.6. The van der Waals surface area contributed by atoms with E-state index in [1.165, 1.54) is 75.1 Å². The molecule has 0 aliphatic carbocycles. The van der Waals surface area contributed by atoms with E-state index in [0.29, 0.717) is 0 Å². The molecule has 0 saturated heterocycles. The molecule has 0 radical (unpaired) electrons. The largest absolute Gasteiger partial charge is 0.310 e. The fourth-order valence-corrected chi connectivity index (χ4v) is 8.89. The van der Waals surface area contributed by atoms with Gasteiger partial charge in [-0.15, -0.1) is 11.3 Å². The van der Waals surface area contributed by atoms with Gasteiger partial charge < -0.3 is 4.90 Å². The Morgan fingerprint density at radius 2 is 0.827 bits per heavy atom. The van der Waals surface area contributed by atoms with Crippen molar-refractivity contribution in [3.8, 4) is 33.4 Å². The molecule has 10 aromatic rings. The summed E-state index contributed by atoms with van der Waals surface area (Å²) in [6, 6.07) is 72.8. The highest BCUT2D eigenvalue weighted by molar-refractivity contribution is 7.26. The molecule has 0 fully saturated rings. The summed E-state index contributed by atoms with van der Waals surface area (Å²) in [5.74, 6) is 0. The van der Waals surface area contributed by atoms with Crippen molar-refractivity contribution in [1.29, 1.82) is 0 Å². The predicted octanol–water partition coefficient (Wildman–Crippen LogP) is 14.8. The van der Waals surface area contributed by atoms with Crippen LogP contribution in [0.25, 0.3) is 75.1 Å². The molecule has 1 heterocycles. The molecule has 52 heavy (non-hydrogen) atoms. The van der Waals surface area contributed by atoms with Crippen molar-refractivity contribution in [3.05, 3.63) is 200 Å². The SMILES string of the molecule is c1ccc(-c2ccc(-c3ccc(N(c4ccc5ccccc5c4)c4ccc5c(c4)sc4c6ccccc6c(-c6ccccc6)cc54)cc3)cc2)cc1. The summed E-state index contributed by atoms with van der Waals surface area (Å²) < 4.78 is 2.62. The van der Waals surface area contributed by atoms with Crippen molar-refractivity contribution in [2.75, 3.05) is 4.90 Å². The molecule has 0 saturated carbocycles. The molecule has 0 unspecified atom stereocenters. The van der Waals surface area contributed by atoms with Gasteiger partial charge in [-0.25, -0.2) is 0 Å². The predicted molar refractivity (Wildman–Crippen MR) is 225 cm³/mol. The van der Waals surface area contributed by atoms with Gasteiger partial charge in [-0.3, -0.25) is 0 Å². The molecule has 0 spiro atoms. The number of hydrogen-bond acceptors (Lipinski definition) is 2. The molecule has 0 aliphatic heterocycles. The van der Waals surface area contributed by atoms with Crippen molar-refractivity contribution >= 4 is 70.1 Å². The second-order valence-corrected chi connectivity index (χ2v) is 14.4. The quantitative estimate of drug-likeness (QED) is 0.169. The lowest BCUT2D eigenvalue weighted by Crippen LogP contribution is -2.09. The van der Waals surface area contributed by atoms with Crippen molar-refractivity contribution in [1.82, 2.24) is 0 Å². The second-order valence-electron chi connectivity index (χ2n) is 13.4. The fraction of sp³-hybridized carbons (Fsp3) is 0. The lowest BCUT2D eigenvalue weighted by molar-refractivity contribution is 1.30. The van der Waals surface area contributed by atoms with E-state index in [9.17, 15) is 0 Å². The van der Waals surface area contributed by atoms with E-state index in [2.05, 4.69) is 205 Å². The van der Waals surface area contributed by atoms with E-state index in [4.69, 9.17) is 0 Å². The average molecular weight is 680 g/mol. The molecule has 1 aromatic heterocycles. The number of thiophene rings is 1. The van der Waals surface area contributed by atoms with Crippen molar-refractivity contribution in [2.45, 2.75) is 0 Å². The van der Waals surface area contributed by atoms with Crippen LogP contribution in [-0.4, -0.2) is 0 Å². The third kappa shape index (κ3) is 5.33. The Morgan fingerprint density at radius 3 is 1.54 bits per heavy atom. The van der Waals surface area contributed by atoms with Crippen LogP contribution < -0.4 is 4.90 Å². The molecule has 0 N–H and O–H groups in total. The van der Waals surface area contributed by atoms with Crippen LogP contribution in [0.4, 0.5) is 17.1 Å². The first-order chi connectivity index (χ1) is 25.8. The monoisotopic (exact) mass is 679 g/mol. The summed E-state index contributed by atoms with van der Waals surface area (Å²) in [7, 11) is 0. The van der Waals surface area contributed by atoms with E-state index >= 15 is 0 Å². The Hall–Kier alpha value is -6.48. The highest BCUT2D eigenvalue weighted by Gasteiger charge is 2.18. The summed E-state index contributed by atoms with van der Waals surface area (Å²) >= 11 is 1.89. The third-order valence-electron chi connectivity index (χ3n) is 10.2. The summed E-state index contributed by atoms with van der Waals surface area (Å²) in [6.45, 7) is 0. The van der Waals surface area contributed by atoms with Gasteiger partial charge in [0.25, 0.3) is 0 Å². The standard InChI is InChI=1S/C50H33NS/c1-3-11-34(12-4-1)36-19-21-37(22-20-36)38-23-26-41(27-24-38)51(42-28-25-35-13-7-8-16-40(35)31-42)43-29-30-45-48-33-47(39-14-5-2-6-15-39)44-17-9-10-18-46(44)50(48)52-49(45)32-43/h1-33H. The van der Waals surface area contributed by atoms with Crippen LogP contribution in [-0.2, 0) is 0 Å². The summed E-state index contributed by atoms with van der Waals surface area (Å²) in [4.78, 5) is 2.39. The first-order valence-electron chi connectivity index (χ1n) is 17.8. The maximum Gasteiger partial charge on any atom is 0.0476 e. The van der Waals surface area contributed by atoms with E-state index in [1.807, 2.05) is 11.3 Å². The molecular formula is C50H33NS. The highest BCUT2D eigenvalue weighted by Crippen LogP contribution is 2.45. The van der Waals surface area contributed by atoms with Crippen LogP contribution in [0.1, 0.15) is 0 Å². The minimum absolute atomic E-state index is 1.12. The summed E-state index contributed by atoms with van der Waals surface area (Å²) in [6.07, 6.45) is 0. The maximum atomic E-state index is 2.40. The number of fused-ring (bicyclic) bond motifs is 6. The summed E-state index contributed by atoms with van der Waals surface area (Å²) in [5.41, 5.74) is 10.8. The molecule has 0 aliphatic rings. The van der Waals surface area contributed by atoms with Crippen LogP contribution in [0.15, 0.2) is 200 Å². The fourth-order valence-electron chi connectivity index (χ4n) is 7.63. The molecule has 0 amide bonds. The Labute approximate surface area is 307 Å². The lowest BCUT2D eigenvalue weighted by Gasteiger charge is -2.26. The van der Waals surface area contributed by atoms with Gasteiger partial charge in [-0.05, 0) is 92.0 Å². The van der Waals surface area contributed by atoms with Gasteiger partial charge in [-0.2, -0.15) is 0 Å². The second kappa shape index (κ2) is 12.7. The normalized spacial score (nSPS) is 11.5. The van der Waals surface area contributed by atoms with E-state index in [1.54, 1.807) is 0 Å². The molecule has 0 bridgehead atoms. The van der Waals surface area contributed by atoms with Gasteiger partial charge in [0.15, 0.2) is 0 Å². The Morgan fingerprint density at radius 1 is 0.308 bits per heavy atom. The van der Waals surface area contributed by atoms with Crippen LogP contribution in [0.3, 0.4) is 0 Å². The van der Waals surface area contributed by atoms with Crippen LogP contribution >= 0.6 is 11.3 Å². The lowest BCUT2D eigenvalue weighted by atomic mass is 9.95. The smallest absolute Gasteiger partial charge is 0.0476 e. The number of rotatable bonds is 6. The number of hydrogen-bond donors (Lipinski definition) is 0. The molecule has 9 aromatic carbocycles. The topological polar surface area (TPSA) is 3.24 Å². The first kappa shape index (κ1) is 30.4. The molecule has 1 nitrogen and oxygen atoms in total. The zero-order chi connectivity index (χ0) is 34.4. The van der Waals surface area contributed by atoms with E-state index < -0.39 is 0 Å². The molecule has 0 atom stereocenters. The van der Waals surface area contributed by atoms with Crippen LogP contribution in [0.5, 0.6) is 0 Å². The van der Waals surface area contributed by atoms with Gasteiger partial charge in [0.2, 0.25) is 0 Å². The minimum atomic E-state index is 1.12. The van der Waals surface area contributed by atoms with E-state index in [-0.39, 0.29) is 0 Å². The number of nitrogens with zero attached hydrogens (tertiary/aromatic N) is 1. The highest BCUT2D eigenvalue weighted by atomic mass is 32.1. The van der Waals surface area contributed by atoms with Gasteiger partial charge in [-0.1, -0.05) is 158 Å². The van der Waals surface area contributed by atoms with Crippen LogP contribution in [0.2, 0.25) is 0 Å². The number of anilines is 3. The maximum absolute atomic E-state index is 2.40.